The fraction of sp³-hybridized carbons (Fsp3) is 0.368. The van der Waals surface area contributed by atoms with Gasteiger partial charge in [-0.1, -0.05) is 43.3 Å². The summed E-state index contributed by atoms with van der Waals surface area (Å²) in [5.41, 5.74) is 3.92. The Bertz CT molecular complexity index is 1950. The van der Waals surface area contributed by atoms with Crippen molar-refractivity contribution < 1.29 is 59.9 Å². The van der Waals surface area contributed by atoms with E-state index in [1.54, 1.807) is 12.1 Å². The molecule has 8 N–H and O–H groups in total. The molecule has 3 aromatic carbocycles. The Kier molecular flexibility index (Phi) is 11.0. The Morgan fingerprint density at radius 3 is 2.43 bits per heavy atom. The van der Waals surface area contributed by atoms with Crippen LogP contribution in [0.4, 0.5) is 5.69 Å². The number of amides is 1. The molecule has 0 unspecified atom stereocenters. The van der Waals surface area contributed by atoms with Crippen molar-refractivity contribution in [1.82, 2.24) is 0 Å². The summed E-state index contributed by atoms with van der Waals surface area (Å²) in [6, 6.07) is 14.9. The number of carboxylic acids is 1. The zero-order chi connectivity index (χ0) is 38.0. The normalized spacial score (nSPS) is 26.7. The zero-order valence-corrected chi connectivity index (χ0v) is 28.7. The first-order chi connectivity index (χ1) is 25.3. The van der Waals surface area contributed by atoms with Crippen LogP contribution in [0.1, 0.15) is 47.9 Å². The molecule has 0 bridgehead atoms. The van der Waals surface area contributed by atoms with Crippen molar-refractivity contribution in [3.8, 4) is 17.2 Å². The van der Waals surface area contributed by atoms with Crippen LogP contribution < -0.4 is 9.64 Å². The summed E-state index contributed by atoms with van der Waals surface area (Å²) in [7, 11) is 0. The summed E-state index contributed by atoms with van der Waals surface area (Å²) in [5, 5.41) is 83.9. The van der Waals surface area contributed by atoms with Crippen molar-refractivity contribution in [3.63, 3.8) is 0 Å². The monoisotopic (exact) mass is 731 g/mol. The van der Waals surface area contributed by atoms with Gasteiger partial charge in [0.1, 0.15) is 36.8 Å². The molecule has 1 amide bonds. The van der Waals surface area contributed by atoms with E-state index in [0.717, 1.165) is 28.0 Å². The Hall–Kier alpha value is -5.16. The largest absolute Gasteiger partial charge is 0.508 e. The molecular weight excluding hydrogens is 690 g/mol. The number of carbonyl (C=O) groups excluding carboxylic acids is 1. The molecule has 1 fully saturated rings. The van der Waals surface area contributed by atoms with Crippen LogP contribution in [-0.2, 0) is 27.2 Å². The van der Waals surface area contributed by atoms with Gasteiger partial charge in [0, 0.05) is 30.0 Å². The van der Waals surface area contributed by atoms with Gasteiger partial charge in [0.2, 0.25) is 0 Å². The van der Waals surface area contributed by atoms with E-state index in [-0.39, 0.29) is 17.9 Å². The van der Waals surface area contributed by atoms with Gasteiger partial charge in [-0.25, -0.2) is 4.79 Å². The van der Waals surface area contributed by atoms with E-state index in [4.69, 9.17) is 9.47 Å². The minimum Gasteiger partial charge on any atom is -0.508 e. The highest BCUT2D eigenvalue weighted by Crippen LogP contribution is 2.49. The number of fused-ring (bicyclic) bond motifs is 1. The second kappa shape index (κ2) is 15.4. The number of phenolic OH excluding ortho intramolecular Hbond substituents is 2. The van der Waals surface area contributed by atoms with E-state index in [1.165, 1.54) is 24.3 Å². The molecule has 15 heteroatoms. The summed E-state index contributed by atoms with van der Waals surface area (Å²) in [5.74, 6) is -7.13. The van der Waals surface area contributed by atoms with Gasteiger partial charge in [-0.05, 0) is 60.2 Å². The smallest absolute Gasteiger partial charge is 0.355 e. The van der Waals surface area contributed by atoms with Crippen molar-refractivity contribution in [2.24, 2.45) is 9.98 Å². The van der Waals surface area contributed by atoms with Gasteiger partial charge < -0.3 is 50.3 Å². The van der Waals surface area contributed by atoms with Crippen LogP contribution in [0.3, 0.4) is 0 Å². The molecule has 280 valence electrons. The number of anilines is 1. The molecule has 0 spiro atoms. The van der Waals surface area contributed by atoms with Crippen molar-refractivity contribution in [3.05, 3.63) is 89.0 Å². The van der Waals surface area contributed by atoms with Crippen molar-refractivity contribution >= 4 is 35.1 Å². The third-order valence-corrected chi connectivity index (χ3v) is 9.76. The minimum atomic E-state index is -3.09. The highest BCUT2D eigenvalue weighted by molar-refractivity contribution is 6.43. The number of aliphatic hydroxyl groups excluding tert-OH is 4. The molecule has 0 radical (unpaired) electrons. The maximum Gasteiger partial charge on any atom is 0.355 e. The Labute approximate surface area is 304 Å². The van der Waals surface area contributed by atoms with Crippen molar-refractivity contribution in [1.29, 1.82) is 0 Å². The number of aliphatic imine (C=N–C) groups is 2. The first-order valence-corrected chi connectivity index (χ1v) is 17.1. The lowest BCUT2D eigenvalue weighted by Gasteiger charge is -2.44. The van der Waals surface area contributed by atoms with E-state index in [0.29, 0.717) is 42.6 Å². The third kappa shape index (κ3) is 7.53. The van der Waals surface area contributed by atoms with E-state index in [2.05, 4.69) is 9.98 Å². The molecule has 15 nitrogen and oxygen atoms in total. The fourth-order valence-corrected chi connectivity index (χ4v) is 6.99. The quantitative estimate of drug-likeness (QED) is 0.0980. The van der Waals surface area contributed by atoms with Crippen LogP contribution in [0.5, 0.6) is 17.2 Å². The standard InChI is InChI=1S/C38H41N3O12/c1-2-25-26(40-19-39-25)15-22-14-21(9-12-28(22)43)10-13-32(45)41-27-17-30(52-38(51)36(48)35(47)34(46)31(18-42)53-38)29(44)16-24(27)23(33(41)37(49)50)11-8-20-6-4-3-5-7-20/h3-7,9-10,12-14,16-17,23,31,33-36,42-44,46-48,51H,2,8,11,15,18-19H2,1H3,(H,49,50)/b13-10+/t23-,31-,33-,34-,35+,36-,38+/m1/s1. The first kappa shape index (κ1) is 37.6. The highest BCUT2D eigenvalue weighted by atomic mass is 16.8. The van der Waals surface area contributed by atoms with Crippen LogP contribution in [0, 0.1) is 0 Å². The lowest BCUT2D eigenvalue weighted by atomic mass is 9.88. The topological polar surface area (TPSA) is 242 Å². The van der Waals surface area contributed by atoms with Crippen LogP contribution in [0.2, 0.25) is 0 Å². The van der Waals surface area contributed by atoms with Crippen molar-refractivity contribution in [2.75, 3.05) is 18.2 Å². The Balaban J connectivity index is 1.35. The van der Waals surface area contributed by atoms with Crippen molar-refractivity contribution in [2.45, 2.75) is 75.0 Å². The summed E-state index contributed by atoms with van der Waals surface area (Å²) in [6.07, 6.45) is -3.35. The lowest BCUT2D eigenvalue weighted by Crippen LogP contribution is -2.67. The third-order valence-electron chi connectivity index (χ3n) is 9.76. The molecule has 3 aromatic rings. The van der Waals surface area contributed by atoms with E-state index in [9.17, 15) is 50.4 Å². The minimum absolute atomic E-state index is 0.0168. The zero-order valence-electron chi connectivity index (χ0n) is 28.7. The average molecular weight is 732 g/mol. The van der Waals surface area contributed by atoms with E-state index >= 15 is 0 Å². The van der Waals surface area contributed by atoms with Crippen LogP contribution >= 0.6 is 0 Å². The molecule has 1 saturated heterocycles. The Morgan fingerprint density at radius 1 is 1.00 bits per heavy atom. The molecule has 6 rings (SSSR count). The van der Waals surface area contributed by atoms with Gasteiger partial charge in [-0.15, -0.1) is 0 Å². The van der Waals surface area contributed by atoms with Gasteiger partial charge in [0.05, 0.1) is 23.7 Å². The molecule has 0 saturated carbocycles. The number of hydrogen-bond donors (Lipinski definition) is 8. The number of aliphatic carboxylic acids is 1. The molecule has 3 aliphatic rings. The molecular formula is C38H41N3O12. The van der Waals surface area contributed by atoms with Crippen LogP contribution in [-0.4, -0.2) is 114 Å². The molecule has 3 aliphatic heterocycles. The SMILES string of the molecule is CCC1=NCN=C1Cc1cc(/C=C/C(=O)N2c3cc(O[C@]4(O)O[C@H](CO)[C@@H](O)[C@H](O)[C@H]4O)c(O)cc3[C@@H](CCc3ccccc3)[C@@H]2C(=O)O)ccc1O. The number of carboxylic acid groups (broad SMARTS) is 1. The number of benzene rings is 3. The van der Waals surface area contributed by atoms with Gasteiger partial charge in [0.15, 0.2) is 17.6 Å². The number of phenols is 2. The number of carbonyl (C=O) groups is 2. The second-order valence-electron chi connectivity index (χ2n) is 13.1. The second-order valence-corrected chi connectivity index (χ2v) is 13.1. The summed E-state index contributed by atoms with van der Waals surface area (Å²) in [4.78, 5) is 36.8. The summed E-state index contributed by atoms with van der Waals surface area (Å²) >= 11 is 0. The molecule has 0 aliphatic carbocycles. The number of aryl methyl sites for hydroxylation is 1. The van der Waals surface area contributed by atoms with E-state index < -0.39 is 72.3 Å². The van der Waals surface area contributed by atoms with Crippen LogP contribution in [0.15, 0.2) is 76.7 Å². The number of nitrogens with zero attached hydrogens (tertiary/aromatic N) is 3. The number of aromatic hydroxyl groups is 2. The lowest BCUT2D eigenvalue weighted by molar-refractivity contribution is -0.422. The predicted octanol–water partition coefficient (Wildman–Crippen LogP) is 1.63. The average Bonchev–Trinajstić information content (AvgIpc) is 3.73. The van der Waals surface area contributed by atoms with E-state index in [1.807, 2.05) is 37.3 Å². The van der Waals surface area contributed by atoms with Gasteiger partial charge in [-0.3, -0.25) is 19.7 Å². The summed E-state index contributed by atoms with van der Waals surface area (Å²) in [6.45, 7) is 1.41. The number of hydrogen-bond acceptors (Lipinski definition) is 13. The maximum atomic E-state index is 14.1. The van der Waals surface area contributed by atoms with Crippen LogP contribution in [0.25, 0.3) is 6.08 Å². The van der Waals surface area contributed by atoms with Gasteiger partial charge in [-0.2, -0.15) is 0 Å². The first-order valence-electron chi connectivity index (χ1n) is 17.1. The predicted molar refractivity (Wildman–Crippen MR) is 191 cm³/mol. The molecule has 53 heavy (non-hydrogen) atoms. The highest BCUT2D eigenvalue weighted by Gasteiger charge is 2.56. The fourth-order valence-electron chi connectivity index (χ4n) is 6.99. The van der Waals surface area contributed by atoms with Gasteiger partial charge >= 0.3 is 11.9 Å². The molecule has 7 atom stereocenters. The number of aliphatic hydroxyl groups is 5. The maximum absolute atomic E-state index is 14.1. The van der Waals surface area contributed by atoms with Gasteiger partial charge in [0.25, 0.3) is 5.91 Å². The number of ether oxygens (including phenoxy) is 2. The number of rotatable bonds is 12. The Morgan fingerprint density at radius 2 is 1.74 bits per heavy atom. The molecule has 0 aromatic heterocycles. The summed E-state index contributed by atoms with van der Waals surface area (Å²) < 4.78 is 10.7. The molecule has 3 heterocycles.